The number of halogens is 2. The van der Waals surface area contributed by atoms with Gasteiger partial charge in [0.2, 0.25) is 0 Å². The van der Waals surface area contributed by atoms with Crippen molar-refractivity contribution in [2.75, 3.05) is 11.8 Å². The number of benzene rings is 3. The minimum Gasteiger partial charge on any atom is -0.497 e. The van der Waals surface area contributed by atoms with Gasteiger partial charge >= 0.3 is 0 Å². The van der Waals surface area contributed by atoms with Crippen LogP contribution in [0.2, 0.25) is 5.02 Å². The molecule has 0 aliphatic heterocycles. The van der Waals surface area contributed by atoms with Gasteiger partial charge in [0.25, 0.3) is 15.9 Å². The highest BCUT2D eigenvalue weighted by Crippen LogP contribution is 2.24. The molecule has 3 aromatic carbocycles. The molecule has 6 nitrogen and oxygen atoms in total. The van der Waals surface area contributed by atoms with Crippen molar-refractivity contribution >= 4 is 33.2 Å². The van der Waals surface area contributed by atoms with Gasteiger partial charge in [-0.05, 0) is 48.5 Å². The lowest BCUT2D eigenvalue weighted by molar-refractivity contribution is 0.0950. The lowest BCUT2D eigenvalue weighted by atomic mass is 10.1. The van der Waals surface area contributed by atoms with Crippen LogP contribution in [0.4, 0.5) is 10.1 Å². The van der Waals surface area contributed by atoms with E-state index < -0.39 is 21.7 Å². The summed E-state index contributed by atoms with van der Waals surface area (Å²) in [5, 5.41) is 2.64. The van der Waals surface area contributed by atoms with Crippen LogP contribution in [-0.2, 0) is 16.6 Å². The van der Waals surface area contributed by atoms with Crippen LogP contribution < -0.4 is 14.8 Å². The maximum Gasteiger partial charge on any atom is 0.261 e. The van der Waals surface area contributed by atoms with Crippen molar-refractivity contribution in [1.82, 2.24) is 5.32 Å². The quantitative estimate of drug-likeness (QED) is 0.566. The minimum absolute atomic E-state index is 0.00626. The van der Waals surface area contributed by atoms with Crippen LogP contribution in [-0.4, -0.2) is 21.4 Å². The Labute approximate surface area is 178 Å². The summed E-state index contributed by atoms with van der Waals surface area (Å²) in [6, 6.07) is 16.1. The molecule has 0 fully saturated rings. The summed E-state index contributed by atoms with van der Waals surface area (Å²) in [4.78, 5) is 12.4. The standard InChI is InChI=1S/C21H18ClFN2O4S/c1-29-16-7-9-17(10-8-16)30(27,28)25-15-6-11-18(19(22)12-15)21(26)24-13-14-4-2-3-5-20(14)23/h2-12,25H,13H2,1H3,(H,24,26). The SMILES string of the molecule is COc1ccc(S(=O)(=O)Nc2ccc(C(=O)NCc3ccccc3F)c(Cl)c2)cc1. The lowest BCUT2D eigenvalue weighted by Gasteiger charge is -2.11. The average molecular weight is 449 g/mol. The van der Waals surface area contributed by atoms with Crippen molar-refractivity contribution in [3.63, 3.8) is 0 Å². The van der Waals surface area contributed by atoms with E-state index in [1.807, 2.05) is 0 Å². The summed E-state index contributed by atoms with van der Waals surface area (Å²) < 4.78 is 46.1. The van der Waals surface area contributed by atoms with Gasteiger partial charge in [0, 0.05) is 12.1 Å². The van der Waals surface area contributed by atoms with Crippen molar-refractivity contribution < 1.29 is 22.3 Å². The molecular formula is C21H18ClFN2O4S. The largest absolute Gasteiger partial charge is 0.497 e. The number of amides is 1. The molecule has 0 aromatic heterocycles. The van der Waals surface area contributed by atoms with E-state index >= 15 is 0 Å². The second-order valence-electron chi connectivity index (χ2n) is 6.25. The highest BCUT2D eigenvalue weighted by Gasteiger charge is 2.17. The number of methoxy groups -OCH3 is 1. The molecular weight excluding hydrogens is 431 g/mol. The molecule has 9 heteroatoms. The molecule has 0 radical (unpaired) electrons. The predicted molar refractivity (Wildman–Crippen MR) is 113 cm³/mol. The number of hydrogen-bond acceptors (Lipinski definition) is 4. The summed E-state index contributed by atoms with van der Waals surface area (Å²) in [6.45, 7) is -0.00626. The molecule has 0 saturated carbocycles. The number of carbonyl (C=O) groups excluding carboxylic acids is 1. The van der Waals surface area contributed by atoms with Gasteiger partial charge in [-0.15, -0.1) is 0 Å². The van der Waals surface area contributed by atoms with Gasteiger partial charge in [-0.3, -0.25) is 9.52 Å². The first-order valence-electron chi connectivity index (χ1n) is 8.78. The van der Waals surface area contributed by atoms with E-state index in [-0.39, 0.29) is 27.7 Å². The third-order valence-electron chi connectivity index (χ3n) is 4.23. The summed E-state index contributed by atoms with van der Waals surface area (Å²) >= 11 is 6.17. The fourth-order valence-corrected chi connectivity index (χ4v) is 3.96. The molecule has 0 heterocycles. The van der Waals surface area contributed by atoms with Gasteiger partial charge in [0.05, 0.1) is 28.3 Å². The van der Waals surface area contributed by atoms with E-state index in [9.17, 15) is 17.6 Å². The first-order valence-corrected chi connectivity index (χ1v) is 10.6. The third kappa shape index (κ3) is 5.08. The maximum absolute atomic E-state index is 13.7. The molecule has 0 aliphatic carbocycles. The molecule has 0 atom stereocenters. The molecule has 30 heavy (non-hydrogen) atoms. The Bertz CT molecular complexity index is 1170. The molecule has 2 N–H and O–H groups in total. The number of carbonyl (C=O) groups is 1. The molecule has 3 rings (SSSR count). The zero-order valence-corrected chi connectivity index (χ0v) is 17.4. The normalized spacial score (nSPS) is 11.0. The molecule has 1 amide bonds. The smallest absolute Gasteiger partial charge is 0.261 e. The monoisotopic (exact) mass is 448 g/mol. The van der Waals surface area contributed by atoms with E-state index in [4.69, 9.17) is 16.3 Å². The number of nitrogens with one attached hydrogen (secondary N) is 2. The first kappa shape index (κ1) is 21.6. The highest BCUT2D eigenvalue weighted by molar-refractivity contribution is 7.92. The first-order chi connectivity index (χ1) is 14.3. The van der Waals surface area contributed by atoms with Gasteiger partial charge in [-0.1, -0.05) is 29.8 Å². The fraction of sp³-hybridized carbons (Fsp3) is 0.0952. The summed E-state index contributed by atoms with van der Waals surface area (Å²) in [5.74, 6) is -0.400. The van der Waals surface area contributed by atoms with Gasteiger partial charge in [-0.25, -0.2) is 12.8 Å². The number of rotatable bonds is 7. The Morgan fingerprint density at radius 3 is 2.40 bits per heavy atom. The van der Waals surface area contributed by atoms with Gasteiger partial charge in [-0.2, -0.15) is 0 Å². The Morgan fingerprint density at radius 2 is 1.77 bits per heavy atom. The molecule has 0 saturated heterocycles. The molecule has 0 aliphatic rings. The molecule has 0 spiro atoms. The van der Waals surface area contributed by atoms with Crippen LogP contribution in [0.1, 0.15) is 15.9 Å². The van der Waals surface area contributed by atoms with E-state index in [1.165, 1.54) is 55.6 Å². The van der Waals surface area contributed by atoms with Crippen LogP contribution in [0.5, 0.6) is 5.75 Å². The topological polar surface area (TPSA) is 84.5 Å². The molecule has 3 aromatic rings. The summed E-state index contributed by atoms with van der Waals surface area (Å²) in [5.41, 5.74) is 0.674. The summed E-state index contributed by atoms with van der Waals surface area (Å²) in [7, 11) is -2.36. The van der Waals surface area contributed by atoms with Crippen LogP contribution in [0.3, 0.4) is 0 Å². The number of anilines is 1. The van der Waals surface area contributed by atoms with E-state index in [2.05, 4.69) is 10.0 Å². The van der Waals surface area contributed by atoms with Gasteiger partial charge in [0.1, 0.15) is 11.6 Å². The third-order valence-corrected chi connectivity index (χ3v) is 5.94. The number of sulfonamides is 1. The van der Waals surface area contributed by atoms with E-state index in [0.717, 1.165) is 0 Å². The second kappa shape index (κ2) is 9.15. The summed E-state index contributed by atoms with van der Waals surface area (Å²) in [6.07, 6.45) is 0. The fourth-order valence-electron chi connectivity index (χ4n) is 2.64. The van der Waals surface area contributed by atoms with Crippen LogP contribution in [0.15, 0.2) is 71.6 Å². The van der Waals surface area contributed by atoms with Crippen molar-refractivity contribution in [1.29, 1.82) is 0 Å². The highest BCUT2D eigenvalue weighted by atomic mass is 35.5. The van der Waals surface area contributed by atoms with Gasteiger partial charge in [0.15, 0.2) is 0 Å². The van der Waals surface area contributed by atoms with E-state index in [1.54, 1.807) is 18.2 Å². The number of ether oxygens (including phenoxy) is 1. The Balaban J connectivity index is 1.71. The zero-order valence-electron chi connectivity index (χ0n) is 15.9. The predicted octanol–water partition coefficient (Wildman–Crippen LogP) is 4.22. The average Bonchev–Trinajstić information content (AvgIpc) is 2.73. The molecule has 0 bridgehead atoms. The van der Waals surface area contributed by atoms with Crippen molar-refractivity contribution in [3.8, 4) is 5.75 Å². The maximum atomic E-state index is 13.7. The second-order valence-corrected chi connectivity index (χ2v) is 8.34. The Hall–Kier alpha value is -3.10. The minimum atomic E-state index is -3.85. The Kier molecular flexibility index (Phi) is 6.59. The van der Waals surface area contributed by atoms with Crippen molar-refractivity contribution in [3.05, 3.63) is 88.7 Å². The van der Waals surface area contributed by atoms with Crippen molar-refractivity contribution in [2.45, 2.75) is 11.4 Å². The zero-order chi connectivity index (χ0) is 21.7. The number of hydrogen-bond donors (Lipinski definition) is 2. The van der Waals surface area contributed by atoms with Crippen LogP contribution in [0.25, 0.3) is 0 Å². The Morgan fingerprint density at radius 1 is 1.07 bits per heavy atom. The molecule has 0 unspecified atom stereocenters. The van der Waals surface area contributed by atoms with Crippen molar-refractivity contribution in [2.24, 2.45) is 0 Å². The lowest BCUT2D eigenvalue weighted by Crippen LogP contribution is -2.23. The van der Waals surface area contributed by atoms with Crippen LogP contribution in [0, 0.1) is 5.82 Å². The van der Waals surface area contributed by atoms with E-state index in [0.29, 0.717) is 11.3 Å². The van der Waals surface area contributed by atoms with Gasteiger partial charge < -0.3 is 10.1 Å². The van der Waals surface area contributed by atoms with Crippen LogP contribution >= 0.6 is 11.6 Å². The molecule has 156 valence electrons.